The molecule has 1 saturated heterocycles. The number of rotatable bonds is 9. The zero-order chi connectivity index (χ0) is 27.2. The van der Waals surface area contributed by atoms with Crippen molar-refractivity contribution in [1.29, 1.82) is 0 Å². The van der Waals surface area contributed by atoms with Crippen LogP contribution in [0.1, 0.15) is 22.8 Å². The van der Waals surface area contributed by atoms with Crippen molar-refractivity contribution in [3.05, 3.63) is 91.2 Å². The topological polar surface area (TPSA) is 82.1 Å². The summed E-state index contributed by atoms with van der Waals surface area (Å²) in [5, 5.41) is 0.542. The number of thioether (sulfide) groups is 1. The minimum atomic E-state index is -0.587. The summed E-state index contributed by atoms with van der Waals surface area (Å²) in [4.78, 5) is 39.4. The highest BCUT2D eigenvalue weighted by Crippen LogP contribution is 2.40. The van der Waals surface area contributed by atoms with Crippen LogP contribution >= 0.6 is 50.9 Å². The molecule has 0 bridgehead atoms. The number of esters is 1. The van der Waals surface area contributed by atoms with Crippen molar-refractivity contribution in [2.24, 2.45) is 0 Å². The van der Waals surface area contributed by atoms with Crippen LogP contribution in [0.25, 0.3) is 6.08 Å². The van der Waals surface area contributed by atoms with Gasteiger partial charge in [-0.05, 0) is 94.8 Å². The minimum Gasteiger partial charge on any atom is -0.490 e. The van der Waals surface area contributed by atoms with E-state index in [4.69, 9.17) is 37.4 Å². The summed E-state index contributed by atoms with van der Waals surface area (Å²) >= 11 is 16.2. The van der Waals surface area contributed by atoms with Crippen molar-refractivity contribution in [1.82, 2.24) is 4.90 Å². The second-order valence-corrected chi connectivity index (χ2v) is 10.5. The van der Waals surface area contributed by atoms with E-state index in [1.54, 1.807) is 73.7 Å². The highest BCUT2D eigenvalue weighted by Gasteiger charge is 2.35. The van der Waals surface area contributed by atoms with Gasteiger partial charge >= 0.3 is 5.97 Å². The number of halogens is 3. The number of ether oxygens (including phenoxy) is 3. The molecule has 0 unspecified atom stereocenters. The van der Waals surface area contributed by atoms with Crippen LogP contribution < -0.4 is 14.2 Å². The first kappa shape index (κ1) is 28.0. The van der Waals surface area contributed by atoms with Crippen molar-refractivity contribution in [3.8, 4) is 17.2 Å². The lowest BCUT2D eigenvalue weighted by molar-refractivity contribution is -0.123. The summed E-state index contributed by atoms with van der Waals surface area (Å²) in [7, 11) is 0. The van der Waals surface area contributed by atoms with Gasteiger partial charge in [-0.3, -0.25) is 14.5 Å². The number of para-hydroxylation sites is 1. The zero-order valence-electron chi connectivity index (χ0n) is 19.9. The maximum atomic E-state index is 12.9. The summed E-state index contributed by atoms with van der Waals surface area (Å²) in [6, 6.07) is 16.6. The number of nitrogens with zero attached hydrogens (tertiary/aromatic N) is 1. The van der Waals surface area contributed by atoms with Gasteiger partial charge < -0.3 is 14.2 Å². The molecule has 1 fully saturated rings. The molecule has 4 rings (SSSR count). The fourth-order valence-electron chi connectivity index (χ4n) is 3.42. The third-order valence-electron chi connectivity index (χ3n) is 5.19. The van der Waals surface area contributed by atoms with E-state index in [1.807, 2.05) is 0 Å². The molecule has 7 nitrogen and oxygen atoms in total. The third kappa shape index (κ3) is 6.71. The normalized spacial score (nSPS) is 14.2. The molecule has 1 heterocycles. The van der Waals surface area contributed by atoms with Gasteiger partial charge in [-0.2, -0.15) is 0 Å². The van der Waals surface area contributed by atoms with E-state index >= 15 is 0 Å². The van der Waals surface area contributed by atoms with E-state index in [2.05, 4.69) is 15.9 Å². The maximum Gasteiger partial charge on any atom is 0.343 e. The molecule has 38 heavy (non-hydrogen) atoms. The Hall–Kier alpha value is -2.98. The Bertz CT molecular complexity index is 1410. The molecule has 1 aliphatic heterocycles. The smallest absolute Gasteiger partial charge is 0.343 e. The lowest BCUT2D eigenvalue weighted by atomic mass is 10.1. The predicted octanol–water partition coefficient (Wildman–Crippen LogP) is 7.49. The molecule has 1 aliphatic rings. The van der Waals surface area contributed by atoms with Gasteiger partial charge in [0, 0.05) is 5.02 Å². The second kappa shape index (κ2) is 12.7. The molecule has 196 valence electrons. The van der Waals surface area contributed by atoms with Crippen molar-refractivity contribution in [2.75, 3.05) is 19.8 Å². The third-order valence-corrected chi connectivity index (χ3v) is 7.25. The minimum absolute atomic E-state index is 0.0701. The molecule has 0 radical (unpaired) electrons. The monoisotopic (exact) mass is 635 g/mol. The highest BCUT2D eigenvalue weighted by atomic mass is 79.9. The summed E-state index contributed by atoms with van der Waals surface area (Å²) in [6.45, 7) is 2.27. The molecule has 3 aromatic rings. The number of hydrogen-bond acceptors (Lipinski definition) is 7. The number of amides is 2. The number of hydrogen-bond donors (Lipinski definition) is 0. The van der Waals surface area contributed by atoms with Gasteiger partial charge in [-0.1, -0.05) is 35.3 Å². The molecule has 0 aliphatic carbocycles. The zero-order valence-corrected chi connectivity index (χ0v) is 23.8. The average Bonchev–Trinajstić information content (AvgIpc) is 3.15. The van der Waals surface area contributed by atoms with Crippen molar-refractivity contribution < 1.29 is 28.6 Å². The van der Waals surface area contributed by atoms with Crippen LogP contribution in [0, 0.1) is 0 Å². The SMILES string of the molecule is CCOc1cc(/C=C2\SC(=O)N(CCOc3ccccc3Cl)C2=O)cc(Br)c1OC(=O)c1ccc(Cl)cc1. The fraction of sp³-hybridized carbons (Fsp3) is 0.148. The molecule has 0 N–H and O–H groups in total. The van der Waals surface area contributed by atoms with Gasteiger partial charge in [-0.25, -0.2) is 4.79 Å². The Morgan fingerprint density at radius 1 is 1.03 bits per heavy atom. The first-order chi connectivity index (χ1) is 18.3. The van der Waals surface area contributed by atoms with Gasteiger partial charge in [0.15, 0.2) is 11.5 Å². The Labute approximate surface area is 241 Å². The van der Waals surface area contributed by atoms with Gasteiger partial charge in [0.25, 0.3) is 11.1 Å². The Balaban J connectivity index is 1.49. The van der Waals surface area contributed by atoms with Crippen LogP contribution in [0.15, 0.2) is 70.0 Å². The maximum absolute atomic E-state index is 12.9. The van der Waals surface area contributed by atoms with Crippen molar-refractivity contribution in [3.63, 3.8) is 0 Å². The lowest BCUT2D eigenvalue weighted by Crippen LogP contribution is -2.32. The summed E-state index contributed by atoms with van der Waals surface area (Å²) in [5.41, 5.74) is 0.893. The number of imide groups is 1. The molecule has 2 amide bonds. The predicted molar refractivity (Wildman–Crippen MR) is 151 cm³/mol. The van der Waals surface area contributed by atoms with Crippen molar-refractivity contribution in [2.45, 2.75) is 6.92 Å². The van der Waals surface area contributed by atoms with Crippen LogP contribution in [-0.4, -0.2) is 41.8 Å². The fourth-order valence-corrected chi connectivity index (χ4v) is 5.15. The van der Waals surface area contributed by atoms with Gasteiger partial charge in [0.1, 0.15) is 12.4 Å². The molecule has 0 aromatic heterocycles. The second-order valence-electron chi connectivity index (χ2n) is 7.77. The molecule has 3 aromatic carbocycles. The van der Waals surface area contributed by atoms with Crippen LogP contribution in [0.5, 0.6) is 17.2 Å². The largest absolute Gasteiger partial charge is 0.490 e. The van der Waals surface area contributed by atoms with Crippen LogP contribution in [0.4, 0.5) is 4.79 Å². The van der Waals surface area contributed by atoms with Gasteiger partial charge in [-0.15, -0.1) is 0 Å². The molecule has 0 saturated carbocycles. The Morgan fingerprint density at radius 3 is 2.47 bits per heavy atom. The summed E-state index contributed by atoms with van der Waals surface area (Å²) < 4.78 is 17.3. The van der Waals surface area contributed by atoms with E-state index in [-0.39, 0.29) is 23.8 Å². The van der Waals surface area contributed by atoms with E-state index in [9.17, 15) is 14.4 Å². The molecule has 11 heteroatoms. The van der Waals surface area contributed by atoms with Gasteiger partial charge in [0.2, 0.25) is 0 Å². The molecular weight excluding hydrogens is 617 g/mol. The Kier molecular flexibility index (Phi) is 9.38. The van der Waals surface area contributed by atoms with E-state index < -0.39 is 17.1 Å². The van der Waals surface area contributed by atoms with Crippen LogP contribution in [-0.2, 0) is 4.79 Å². The highest BCUT2D eigenvalue weighted by molar-refractivity contribution is 9.10. The molecule has 0 spiro atoms. The summed E-state index contributed by atoms with van der Waals surface area (Å²) in [6.07, 6.45) is 1.58. The van der Waals surface area contributed by atoms with Crippen LogP contribution in [0.2, 0.25) is 10.0 Å². The molecule has 0 atom stereocenters. The number of carbonyl (C=O) groups excluding carboxylic acids is 3. The number of carbonyl (C=O) groups is 3. The number of benzene rings is 3. The summed E-state index contributed by atoms with van der Waals surface area (Å²) in [5.74, 6) is -0.0651. The van der Waals surface area contributed by atoms with E-state index in [0.717, 1.165) is 16.7 Å². The quantitative estimate of drug-likeness (QED) is 0.137. The van der Waals surface area contributed by atoms with E-state index in [1.165, 1.54) is 0 Å². The van der Waals surface area contributed by atoms with Crippen molar-refractivity contribution >= 4 is 74.1 Å². The van der Waals surface area contributed by atoms with E-state index in [0.29, 0.717) is 43.8 Å². The van der Waals surface area contributed by atoms with Crippen LogP contribution in [0.3, 0.4) is 0 Å². The lowest BCUT2D eigenvalue weighted by Gasteiger charge is -2.14. The average molecular weight is 637 g/mol. The van der Waals surface area contributed by atoms with Gasteiger partial charge in [0.05, 0.1) is 33.1 Å². The standard InChI is InChI=1S/C27H20BrCl2NO6S/c1-2-35-22-14-16(13-19(28)24(22)37-26(33)17-7-9-18(29)10-8-17)15-23-25(32)31(27(34)38-23)11-12-36-21-6-4-3-5-20(21)30/h3-10,13-15H,2,11-12H2,1H3/b23-15-. The first-order valence-corrected chi connectivity index (χ1v) is 13.7. The Morgan fingerprint density at radius 2 is 1.76 bits per heavy atom. The molecular formula is C27H20BrCl2NO6S. The first-order valence-electron chi connectivity index (χ1n) is 11.3.